The van der Waals surface area contributed by atoms with Crippen molar-refractivity contribution in [1.29, 1.82) is 0 Å². The maximum Gasteiger partial charge on any atom is 0.231 e. The Balaban J connectivity index is 1.74. The van der Waals surface area contributed by atoms with Crippen LogP contribution in [-0.2, 0) is 6.54 Å². The minimum Gasteiger partial charge on any atom is -0.454 e. The van der Waals surface area contributed by atoms with Crippen LogP contribution in [0.25, 0.3) is 0 Å². The van der Waals surface area contributed by atoms with Gasteiger partial charge in [0.15, 0.2) is 16.6 Å². The second kappa shape index (κ2) is 10.3. The van der Waals surface area contributed by atoms with E-state index in [1.54, 1.807) is 0 Å². The van der Waals surface area contributed by atoms with Gasteiger partial charge in [0.25, 0.3) is 0 Å². The highest BCUT2D eigenvalue weighted by Crippen LogP contribution is 2.36. The Bertz CT molecular complexity index is 770. The van der Waals surface area contributed by atoms with E-state index < -0.39 is 0 Å². The first kappa shape index (κ1) is 20.4. The summed E-state index contributed by atoms with van der Waals surface area (Å²) in [5.41, 5.74) is 2.13. The van der Waals surface area contributed by atoms with Crippen molar-refractivity contribution in [1.82, 2.24) is 10.3 Å². The largest absolute Gasteiger partial charge is 0.454 e. The maximum atomic E-state index is 5.79. The van der Waals surface area contributed by atoms with Gasteiger partial charge in [-0.1, -0.05) is 33.1 Å². The zero-order chi connectivity index (χ0) is 19.8. The van der Waals surface area contributed by atoms with Gasteiger partial charge in [-0.2, -0.15) is 0 Å². The predicted octanol–water partition coefficient (Wildman–Crippen LogP) is 4.91. The number of nitrogens with one attached hydrogen (secondary N) is 1. The minimum absolute atomic E-state index is 0.265. The van der Waals surface area contributed by atoms with Gasteiger partial charge in [0, 0.05) is 30.7 Å². The molecule has 5 nitrogen and oxygen atoms in total. The van der Waals surface area contributed by atoms with Gasteiger partial charge in [-0.3, -0.25) is 4.98 Å². The van der Waals surface area contributed by atoms with E-state index in [1.807, 2.05) is 42.7 Å². The summed E-state index contributed by atoms with van der Waals surface area (Å²) in [4.78, 5) is 6.22. The molecule has 0 aliphatic carbocycles. The Kier molecular flexibility index (Phi) is 7.48. The van der Waals surface area contributed by atoms with Gasteiger partial charge in [0.1, 0.15) is 0 Å². The number of aromatic nitrogens is 1. The molecule has 0 saturated heterocycles. The first-order chi connectivity index (χ1) is 13.7. The van der Waals surface area contributed by atoms with Crippen molar-refractivity contribution in [2.24, 2.45) is 5.92 Å². The van der Waals surface area contributed by atoms with Crippen LogP contribution in [0.5, 0.6) is 11.5 Å². The second-order valence-corrected chi connectivity index (χ2v) is 7.47. The lowest BCUT2D eigenvalue weighted by Crippen LogP contribution is -2.41. The Hall–Kier alpha value is -2.34. The number of ether oxygens (including phenoxy) is 2. The lowest BCUT2D eigenvalue weighted by Gasteiger charge is -2.27. The average molecular weight is 400 g/mol. The molecule has 1 N–H and O–H groups in total. The van der Waals surface area contributed by atoms with E-state index in [4.69, 9.17) is 21.7 Å². The topological polar surface area (TPSA) is 46.6 Å². The molecule has 1 aliphatic rings. The van der Waals surface area contributed by atoms with Crippen molar-refractivity contribution < 1.29 is 9.47 Å². The molecule has 0 amide bonds. The van der Waals surface area contributed by atoms with Crippen LogP contribution in [0.4, 0.5) is 5.69 Å². The summed E-state index contributed by atoms with van der Waals surface area (Å²) in [6, 6.07) is 9.98. The number of hydrogen-bond donors (Lipinski definition) is 1. The Labute approximate surface area is 173 Å². The number of rotatable bonds is 9. The summed E-state index contributed by atoms with van der Waals surface area (Å²) in [6.45, 7) is 6.31. The molecule has 0 fully saturated rings. The molecule has 0 bridgehead atoms. The van der Waals surface area contributed by atoms with E-state index in [-0.39, 0.29) is 6.79 Å². The first-order valence-corrected chi connectivity index (χ1v) is 10.5. The van der Waals surface area contributed by atoms with Gasteiger partial charge in [-0.25, -0.2) is 0 Å². The Morgan fingerprint density at radius 2 is 1.96 bits per heavy atom. The fourth-order valence-electron chi connectivity index (χ4n) is 3.27. The number of hydrogen-bond acceptors (Lipinski definition) is 4. The van der Waals surface area contributed by atoms with Crippen molar-refractivity contribution in [3.63, 3.8) is 0 Å². The molecule has 1 aromatic heterocycles. The maximum absolute atomic E-state index is 5.79. The van der Waals surface area contributed by atoms with Gasteiger partial charge in [0.05, 0.1) is 6.54 Å². The van der Waals surface area contributed by atoms with Crippen molar-refractivity contribution in [3.05, 3.63) is 48.3 Å². The van der Waals surface area contributed by atoms with Gasteiger partial charge < -0.3 is 19.7 Å². The van der Waals surface area contributed by atoms with Crippen LogP contribution in [0.15, 0.2) is 42.7 Å². The van der Waals surface area contributed by atoms with Gasteiger partial charge in [0.2, 0.25) is 6.79 Å². The molecule has 28 heavy (non-hydrogen) atoms. The van der Waals surface area contributed by atoms with Crippen LogP contribution < -0.4 is 19.7 Å². The Morgan fingerprint density at radius 1 is 1.18 bits per heavy atom. The molecular weight excluding hydrogens is 370 g/mol. The van der Waals surface area contributed by atoms with Crippen molar-refractivity contribution >= 4 is 23.0 Å². The predicted molar refractivity (Wildman–Crippen MR) is 117 cm³/mol. The fourth-order valence-corrected chi connectivity index (χ4v) is 3.53. The normalized spacial score (nSPS) is 13.2. The number of nitrogens with zero attached hydrogens (tertiary/aromatic N) is 2. The molecule has 0 spiro atoms. The summed E-state index contributed by atoms with van der Waals surface area (Å²) in [5.74, 6) is 2.17. The lowest BCUT2D eigenvalue weighted by molar-refractivity contribution is 0.174. The number of pyridine rings is 1. The zero-order valence-corrected chi connectivity index (χ0v) is 17.5. The molecule has 150 valence electrons. The van der Waals surface area contributed by atoms with Crippen LogP contribution in [0, 0.1) is 5.92 Å². The molecule has 3 rings (SSSR count). The van der Waals surface area contributed by atoms with Crippen molar-refractivity contribution in [3.8, 4) is 11.5 Å². The van der Waals surface area contributed by atoms with Crippen LogP contribution >= 0.6 is 12.2 Å². The van der Waals surface area contributed by atoms with Gasteiger partial charge in [-0.15, -0.1) is 0 Å². The SMILES string of the molecule is CCCC[C@@H](CC)CNC(=S)N(Cc1ccncc1)c1ccc2c(c1)OCO2. The van der Waals surface area contributed by atoms with Crippen LogP contribution in [0.2, 0.25) is 0 Å². The van der Waals surface area contributed by atoms with Crippen LogP contribution in [0.3, 0.4) is 0 Å². The molecule has 1 aliphatic heterocycles. The van der Waals surface area contributed by atoms with E-state index in [0.29, 0.717) is 12.5 Å². The molecule has 1 atom stereocenters. The average Bonchev–Trinajstić information content (AvgIpc) is 3.20. The van der Waals surface area contributed by atoms with Crippen molar-refractivity contribution in [2.45, 2.75) is 46.1 Å². The number of thiocarbonyl (C=S) groups is 1. The summed E-state index contributed by atoms with van der Waals surface area (Å²) >= 11 is 5.79. The smallest absolute Gasteiger partial charge is 0.231 e. The van der Waals surface area contributed by atoms with Crippen molar-refractivity contribution in [2.75, 3.05) is 18.2 Å². The summed E-state index contributed by atoms with van der Waals surface area (Å²) in [6.07, 6.45) is 8.49. The van der Waals surface area contributed by atoms with Crippen LogP contribution in [0.1, 0.15) is 45.1 Å². The highest BCUT2D eigenvalue weighted by Gasteiger charge is 2.19. The first-order valence-electron chi connectivity index (χ1n) is 10.0. The zero-order valence-electron chi connectivity index (χ0n) is 16.7. The number of anilines is 1. The summed E-state index contributed by atoms with van der Waals surface area (Å²) in [5, 5.41) is 4.23. The lowest BCUT2D eigenvalue weighted by atomic mass is 9.99. The third-order valence-electron chi connectivity index (χ3n) is 5.09. The molecular formula is C22H29N3O2S. The second-order valence-electron chi connectivity index (χ2n) is 7.08. The van der Waals surface area contributed by atoms with E-state index in [9.17, 15) is 0 Å². The minimum atomic E-state index is 0.265. The number of fused-ring (bicyclic) bond motifs is 1. The summed E-state index contributed by atoms with van der Waals surface area (Å²) < 4.78 is 11.0. The standard InChI is InChI=1S/C22H29N3O2S/c1-3-5-6-17(4-2)14-24-22(28)25(15-18-9-11-23-12-10-18)19-7-8-20-21(13-19)27-16-26-20/h7-13,17H,3-6,14-16H2,1-2H3,(H,24,28)/t17-/m1/s1. The fraction of sp³-hybridized carbons (Fsp3) is 0.455. The van der Waals surface area contributed by atoms with E-state index in [2.05, 4.69) is 29.0 Å². The Morgan fingerprint density at radius 3 is 2.71 bits per heavy atom. The molecule has 2 heterocycles. The van der Waals surface area contributed by atoms with E-state index >= 15 is 0 Å². The number of benzene rings is 1. The van der Waals surface area contributed by atoms with Gasteiger partial charge in [-0.05, 0) is 54.4 Å². The molecule has 6 heteroatoms. The highest BCUT2D eigenvalue weighted by atomic mass is 32.1. The monoisotopic (exact) mass is 399 g/mol. The number of unbranched alkanes of at least 4 members (excludes halogenated alkanes) is 1. The summed E-state index contributed by atoms with van der Waals surface area (Å²) in [7, 11) is 0. The molecule has 0 saturated carbocycles. The third-order valence-corrected chi connectivity index (χ3v) is 5.45. The quantitative estimate of drug-likeness (QED) is 0.605. The van der Waals surface area contributed by atoms with Crippen LogP contribution in [-0.4, -0.2) is 23.4 Å². The molecule has 0 radical (unpaired) electrons. The highest BCUT2D eigenvalue weighted by molar-refractivity contribution is 7.80. The molecule has 1 aromatic carbocycles. The van der Waals surface area contributed by atoms with E-state index in [0.717, 1.165) is 40.8 Å². The van der Waals surface area contributed by atoms with E-state index in [1.165, 1.54) is 19.3 Å². The molecule has 2 aromatic rings. The molecule has 0 unspecified atom stereocenters. The van der Waals surface area contributed by atoms with Gasteiger partial charge >= 0.3 is 0 Å². The third kappa shape index (κ3) is 5.35.